The summed E-state index contributed by atoms with van der Waals surface area (Å²) in [4.78, 5) is 20.8. The van der Waals surface area contributed by atoms with Crippen molar-refractivity contribution in [2.45, 2.75) is 57.8 Å². The molecule has 0 aliphatic heterocycles. The molecule has 0 unspecified atom stereocenters. The Labute approximate surface area is 128 Å². The summed E-state index contributed by atoms with van der Waals surface area (Å²) in [5.74, 6) is 0. The number of hydrogen-bond acceptors (Lipinski definition) is 5. The van der Waals surface area contributed by atoms with Gasteiger partial charge in [0, 0.05) is 24.3 Å². The van der Waals surface area contributed by atoms with Gasteiger partial charge < -0.3 is 20.2 Å². The number of carbonyl (C=O) groups is 2. The Bertz CT molecular complexity index is 271. The van der Waals surface area contributed by atoms with Crippen LogP contribution in [0.4, 0.5) is 4.79 Å². The Morgan fingerprint density at radius 1 is 1.20 bits per heavy atom. The number of carbonyl (C=O) groups excluding carboxylic acids is 2. The fourth-order valence-electron chi connectivity index (χ4n) is 1.02. The lowest BCUT2D eigenvalue weighted by Crippen LogP contribution is -2.35. The molecule has 0 rings (SSSR count). The summed E-state index contributed by atoms with van der Waals surface area (Å²) in [5, 5.41) is 5.53. The normalized spacial score (nSPS) is 11.2. The van der Waals surface area contributed by atoms with Crippen LogP contribution >= 0.6 is 12.6 Å². The zero-order chi connectivity index (χ0) is 16.2. The molecule has 0 aliphatic carbocycles. The molecule has 0 bridgehead atoms. The molecule has 0 atom stereocenters. The SMILES string of the molecule is CC(C)(S)CCC=O.CNCCNC(=O)OC(C)(C)C. The lowest BCUT2D eigenvalue weighted by atomic mass is 10.1. The van der Waals surface area contributed by atoms with Crippen molar-refractivity contribution in [1.29, 1.82) is 0 Å². The zero-order valence-corrected chi connectivity index (χ0v) is 14.5. The first-order valence-corrected chi connectivity index (χ1v) is 7.24. The number of rotatable bonds is 6. The molecule has 120 valence electrons. The predicted molar refractivity (Wildman–Crippen MR) is 86.5 cm³/mol. The Balaban J connectivity index is 0. The van der Waals surface area contributed by atoms with Crippen molar-refractivity contribution in [2.24, 2.45) is 0 Å². The van der Waals surface area contributed by atoms with E-state index < -0.39 is 5.60 Å². The largest absolute Gasteiger partial charge is 0.444 e. The molecule has 0 aromatic carbocycles. The number of nitrogens with one attached hydrogen (secondary N) is 2. The highest BCUT2D eigenvalue weighted by Gasteiger charge is 2.15. The first-order chi connectivity index (χ1) is 9.02. The monoisotopic (exact) mass is 306 g/mol. The maximum absolute atomic E-state index is 11.0. The summed E-state index contributed by atoms with van der Waals surface area (Å²) in [6, 6.07) is 0. The van der Waals surface area contributed by atoms with Crippen molar-refractivity contribution in [3.05, 3.63) is 0 Å². The molecule has 0 spiro atoms. The quantitative estimate of drug-likeness (QED) is 0.400. The maximum Gasteiger partial charge on any atom is 0.407 e. The smallest absolute Gasteiger partial charge is 0.407 e. The Kier molecular flexibility index (Phi) is 11.8. The summed E-state index contributed by atoms with van der Waals surface area (Å²) in [5.41, 5.74) is -0.413. The van der Waals surface area contributed by atoms with Crippen LogP contribution in [0, 0.1) is 0 Å². The van der Waals surface area contributed by atoms with E-state index in [4.69, 9.17) is 4.74 Å². The van der Waals surface area contributed by atoms with Crippen LogP contribution in [0.1, 0.15) is 47.5 Å². The van der Waals surface area contributed by atoms with Gasteiger partial charge in [0.15, 0.2) is 0 Å². The molecular weight excluding hydrogens is 276 g/mol. The van der Waals surface area contributed by atoms with E-state index in [-0.39, 0.29) is 10.8 Å². The Morgan fingerprint density at radius 2 is 1.75 bits per heavy atom. The molecule has 6 heteroatoms. The molecule has 0 heterocycles. The van der Waals surface area contributed by atoms with Gasteiger partial charge in [0.25, 0.3) is 0 Å². The number of alkyl carbamates (subject to hydrolysis) is 1. The molecule has 0 aromatic heterocycles. The molecule has 20 heavy (non-hydrogen) atoms. The molecule has 5 nitrogen and oxygen atoms in total. The number of ether oxygens (including phenoxy) is 1. The summed E-state index contributed by atoms with van der Waals surface area (Å²) >= 11 is 4.23. The number of aldehydes is 1. The molecule has 0 saturated heterocycles. The standard InChI is InChI=1S/C8H18N2O2.C6H12OS/c1-8(2,3)12-7(11)10-6-5-9-4;1-6(2,8)4-3-5-7/h9H,5-6H2,1-4H3,(H,10,11);5,8H,3-4H2,1-2H3. The molecule has 0 saturated carbocycles. The average molecular weight is 306 g/mol. The van der Waals surface area contributed by atoms with E-state index in [9.17, 15) is 9.59 Å². The molecular formula is C14H30N2O3S. The van der Waals surface area contributed by atoms with Crippen LogP contribution in [0.25, 0.3) is 0 Å². The van der Waals surface area contributed by atoms with Gasteiger partial charge in [-0.05, 0) is 34.2 Å². The third kappa shape index (κ3) is 22.4. The zero-order valence-electron chi connectivity index (χ0n) is 13.6. The third-order valence-electron chi connectivity index (χ3n) is 1.92. The number of hydrogen-bond donors (Lipinski definition) is 3. The van der Waals surface area contributed by atoms with Crippen LogP contribution in [0.15, 0.2) is 0 Å². The first-order valence-electron chi connectivity index (χ1n) is 6.79. The second-order valence-electron chi connectivity index (χ2n) is 6.05. The second-order valence-corrected chi connectivity index (χ2v) is 7.26. The van der Waals surface area contributed by atoms with Gasteiger partial charge in [-0.2, -0.15) is 12.6 Å². The van der Waals surface area contributed by atoms with E-state index in [0.717, 1.165) is 19.3 Å². The molecule has 0 aromatic rings. The Morgan fingerprint density at radius 3 is 2.05 bits per heavy atom. The van der Waals surface area contributed by atoms with Gasteiger partial charge in [0.1, 0.15) is 11.9 Å². The Hall–Kier alpha value is -0.750. The lowest BCUT2D eigenvalue weighted by Gasteiger charge is -2.19. The van der Waals surface area contributed by atoms with Crippen molar-refractivity contribution in [3.63, 3.8) is 0 Å². The topological polar surface area (TPSA) is 67.4 Å². The molecule has 0 fully saturated rings. The van der Waals surface area contributed by atoms with Gasteiger partial charge in [-0.3, -0.25) is 0 Å². The third-order valence-corrected chi connectivity index (χ3v) is 2.14. The van der Waals surface area contributed by atoms with Gasteiger partial charge >= 0.3 is 6.09 Å². The summed E-state index contributed by atoms with van der Waals surface area (Å²) < 4.78 is 5.02. The van der Waals surface area contributed by atoms with Crippen molar-refractivity contribution < 1.29 is 14.3 Å². The second kappa shape index (κ2) is 11.0. The lowest BCUT2D eigenvalue weighted by molar-refractivity contribution is -0.108. The van der Waals surface area contributed by atoms with Crippen molar-refractivity contribution in [3.8, 4) is 0 Å². The summed E-state index contributed by atoms with van der Waals surface area (Å²) in [6.07, 6.45) is 2.05. The predicted octanol–water partition coefficient (Wildman–Crippen LogP) is 2.40. The first kappa shape index (κ1) is 21.5. The van der Waals surface area contributed by atoms with E-state index in [1.807, 2.05) is 41.7 Å². The van der Waals surface area contributed by atoms with Crippen molar-refractivity contribution in [1.82, 2.24) is 10.6 Å². The summed E-state index contributed by atoms with van der Waals surface area (Å²) in [6.45, 7) is 10.9. The van der Waals surface area contributed by atoms with Crippen LogP contribution in [0.3, 0.4) is 0 Å². The minimum absolute atomic E-state index is 0.0148. The highest BCUT2D eigenvalue weighted by Crippen LogP contribution is 2.17. The van der Waals surface area contributed by atoms with Crippen LogP contribution in [-0.2, 0) is 9.53 Å². The van der Waals surface area contributed by atoms with Crippen molar-refractivity contribution in [2.75, 3.05) is 20.1 Å². The summed E-state index contributed by atoms with van der Waals surface area (Å²) in [7, 11) is 1.83. The van der Waals surface area contributed by atoms with Gasteiger partial charge in [0.05, 0.1) is 0 Å². The van der Waals surface area contributed by atoms with Gasteiger partial charge in [-0.25, -0.2) is 4.79 Å². The minimum atomic E-state index is -0.413. The van der Waals surface area contributed by atoms with Crippen molar-refractivity contribution >= 4 is 25.0 Å². The fourth-order valence-corrected chi connectivity index (χ4v) is 1.14. The minimum Gasteiger partial charge on any atom is -0.444 e. The number of likely N-dealkylation sites (N-methyl/N-ethyl adjacent to an activating group) is 1. The van der Waals surface area contributed by atoms with E-state index in [1.165, 1.54) is 0 Å². The van der Waals surface area contributed by atoms with E-state index in [2.05, 4.69) is 23.3 Å². The highest BCUT2D eigenvalue weighted by molar-refractivity contribution is 7.81. The molecule has 0 radical (unpaired) electrons. The van der Waals surface area contributed by atoms with E-state index >= 15 is 0 Å². The van der Waals surface area contributed by atoms with E-state index in [0.29, 0.717) is 13.0 Å². The van der Waals surface area contributed by atoms with Crippen LogP contribution in [0.2, 0.25) is 0 Å². The average Bonchev–Trinajstić information content (AvgIpc) is 2.24. The number of amides is 1. The van der Waals surface area contributed by atoms with Gasteiger partial charge in [0.2, 0.25) is 0 Å². The molecule has 1 amide bonds. The fraction of sp³-hybridized carbons (Fsp3) is 0.857. The molecule has 2 N–H and O–H groups in total. The maximum atomic E-state index is 11.0. The molecule has 0 aliphatic rings. The van der Waals surface area contributed by atoms with Gasteiger partial charge in [-0.15, -0.1) is 0 Å². The number of thiol groups is 1. The van der Waals surface area contributed by atoms with Crippen LogP contribution in [-0.4, -0.2) is 42.9 Å². The highest BCUT2D eigenvalue weighted by atomic mass is 32.1. The van der Waals surface area contributed by atoms with Gasteiger partial charge in [-0.1, -0.05) is 13.8 Å². The van der Waals surface area contributed by atoms with E-state index in [1.54, 1.807) is 0 Å². The van der Waals surface area contributed by atoms with Crippen LogP contribution in [0.5, 0.6) is 0 Å². The van der Waals surface area contributed by atoms with Crippen LogP contribution < -0.4 is 10.6 Å².